The van der Waals surface area contributed by atoms with E-state index < -0.39 is 0 Å². The number of fused-ring (bicyclic) bond motifs is 5. The Labute approximate surface area is 331 Å². The highest BCUT2D eigenvalue weighted by Crippen LogP contribution is 2.46. The monoisotopic (exact) mass is 724 g/mol. The average Bonchev–Trinajstić information content (AvgIpc) is 3.68. The summed E-state index contributed by atoms with van der Waals surface area (Å²) in [5, 5.41) is 7.24. The molecule has 0 atom stereocenters. The van der Waals surface area contributed by atoms with E-state index in [1.165, 1.54) is 54.9 Å². The molecule has 1 aromatic heterocycles. The summed E-state index contributed by atoms with van der Waals surface area (Å²) in [5.41, 5.74) is 15.9. The summed E-state index contributed by atoms with van der Waals surface area (Å²) >= 11 is 0. The molecule has 0 aliphatic heterocycles. The minimum absolute atomic E-state index is 0.906. The SMILES string of the molecule is c1ccc(-c2c3ccccc3c(-c3ccccc3)c3cc(-c4cccc(-c5cc(-c6ccccc6)c6oc7c(-c8ccccc8)cccc7c6c5)c4)ccc23)cc1. The second-order valence-electron chi connectivity index (χ2n) is 14.8. The molecule has 0 saturated carbocycles. The van der Waals surface area contributed by atoms with Gasteiger partial charge in [-0.2, -0.15) is 0 Å². The van der Waals surface area contributed by atoms with Crippen LogP contribution in [0.25, 0.3) is 110 Å². The summed E-state index contributed by atoms with van der Waals surface area (Å²) in [6.45, 7) is 0. The number of furan rings is 1. The van der Waals surface area contributed by atoms with Crippen LogP contribution in [-0.2, 0) is 0 Å². The van der Waals surface area contributed by atoms with Crippen molar-refractivity contribution in [3.05, 3.63) is 218 Å². The van der Waals surface area contributed by atoms with Gasteiger partial charge >= 0.3 is 0 Å². The minimum atomic E-state index is 0.906. The molecule has 0 radical (unpaired) electrons. The molecule has 0 amide bonds. The molecule has 11 rings (SSSR count). The summed E-state index contributed by atoms with van der Waals surface area (Å²) in [7, 11) is 0. The van der Waals surface area contributed by atoms with Crippen molar-refractivity contribution in [2.24, 2.45) is 0 Å². The standard InChI is InChI=1S/C56H36O/c1-5-17-37(18-6-1)45-29-16-30-49-52-36-44(35-50(56(52)57-55(45)49)38-19-7-2-8-20-38)42-26-15-25-41(33-42)43-31-32-48-51(34-43)54(40-23-11-4-12-24-40)47-28-14-13-27-46(47)53(48)39-21-9-3-10-22-39/h1-36H. The highest BCUT2D eigenvalue weighted by Gasteiger charge is 2.20. The highest BCUT2D eigenvalue weighted by molar-refractivity contribution is 6.22. The van der Waals surface area contributed by atoms with Gasteiger partial charge in [0.1, 0.15) is 11.2 Å². The lowest BCUT2D eigenvalue weighted by Crippen LogP contribution is -1.91. The molecular weight excluding hydrogens is 689 g/mol. The van der Waals surface area contributed by atoms with Gasteiger partial charge in [0.15, 0.2) is 0 Å². The third kappa shape index (κ3) is 5.63. The summed E-state index contributed by atoms with van der Waals surface area (Å²) < 4.78 is 6.87. The van der Waals surface area contributed by atoms with Crippen molar-refractivity contribution in [1.82, 2.24) is 0 Å². The zero-order valence-electron chi connectivity index (χ0n) is 31.2. The quantitative estimate of drug-likeness (QED) is 0.156. The topological polar surface area (TPSA) is 13.1 Å². The van der Waals surface area contributed by atoms with E-state index in [0.29, 0.717) is 0 Å². The van der Waals surface area contributed by atoms with Crippen LogP contribution >= 0.6 is 0 Å². The molecule has 1 nitrogen and oxygen atoms in total. The Morgan fingerprint density at radius 2 is 0.632 bits per heavy atom. The molecule has 0 N–H and O–H groups in total. The molecule has 10 aromatic carbocycles. The Kier molecular flexibility index (Phi) is 7.89. The van der Waals surface area contributed by atoms with E-state index in [4.69, 9.17) is 4.42 Å². The fraction of sp³-hybridized carbons (Fsp3) is 0. The van der Waals surface area contributed by atoms with Gasteiger partial charge in [-0.05, 0) is 101 Å². The summed E-state index contributed by atoms with van der Waals surface area (Å²) in [6.07, 6.45) is 0. The van der Waals surface area contributed by atoms with Gasteiger partial charge in [-0.3, -0.25) is 0 Å². The van der Waals surface area contributed by atoms with E-state index in [1.54, 1.807) is 0 Å². The number of benzene rings is 10. The van der Waals surface area contributed by atoms with Crippen LogP contribution < -0.4 is 0 Å². The predicted octanol–water partition coefficient (Wildman–Crippen LogP) is 15.9. The first-order valence-electron chi connectivity index (χ1n) is 19.6. The summed E-state index contributed by atoms with van der Waals surface area (Å²) in [6, 6.07) is 78.8. The Morgan fingerprint density at radius 1 is 0.211 bits per heavy atom. The molecule has 11 aromatic rings. The maximum Gasteiger partial charge on any atom is 0.143 e. The van der Waals surface area contributed by atoms with Crippen LogP contribution in [0.1, 0.15) is 0 Å². The van der Waals surface area contributed by atoms with Crippen molar-refractivity contribution in [2.75, 3.05) is 0 Å². The molecule has 0 aliphatic carbocycles. The van der Waals surface area contributed by atoms with Gasteiger partial charge in [-0.25, -0.2) is 0 Å². The third-order valence-electron chi connectivity index (χ3n) is 11.4. The van der Waals surface area contributed by atoms with Crippen LogP contribution in [0.4, 0.5) is 0 Å². The largest absolute Gasteiger partial charge is 0.455 e. The van der Waals surface area contributed by atoms with Crippen LogP contribution in [0.2, 0.25) is 0 Å². The fourth-order valence-electron chi connectivity index (χ4n) is 8.81. The predicted molar refractivity (Wildman–Crippen MR) is 241 cm³/mol. The third-order valence-corrected chi connectivity index (χ3v) is 11.4. The minimum Gasteiger partial charge on any atom is -0.455 e. The van der Waals surface area contributed by atoms with Crippen molar-refractivity contribution < 1.29 is 4.42 Å². The van der Waals surface area contributed by atoms with Gasteiger partial charge in [-0.15, -0.1) is 0 Å². The Bertz CT molecular complexity index is 3250. The molecule has 0 fully saturated rings. The maximum absolute atomic E-state index is 6.87. The van der Waals surface area contributed by atoms with E-state index in [-0.39, 0.29) is 0 Å². The average molecular weight is 725 g/mol. The second kappa shape index (κ2) is 13.7. The van der Waals surface area contributed by atoms with Crippen molar-refractivity contribution in [2.45, 2.75) is 0 Å². The normalized spacial score (nSPS) is 11.5. The molecular formula is C56H36O. The number of rotatable bonds is 6. The van der Waals surface area contributed by atoms with E-state index in [9.17, 15) is 0 Å². The molecule has 57 heavy (non-hydrogen) atoms. The van der Waals surface area contributed by atoms with Crippen molar-refractivity contribution in [1.29, 1.82) is 0 Å². The Hall–Kier alpha value is -7.48. The molecule has 0 spiro atoms. The van der Waals surface area contributed by atoms with Crippen molar-refractivity contribution >= 4 is 43.5 Å². The lowest BCUT2D eigenvalue weighted by molar-refractivity contribution is 0.671. The van der Waals surface area contributed by atoms with E-state index >= 15 is 0 Å². The molecule has 1 heterocycles. The van der Waals surface area contributed by atoms with Crippen molar-refractivity contribution in [3.8, 4) is 66.8 Å². The van der Waals surface area contributed by atoms with Crippen LogP contribution in [-0.4, -0.2) is 0 Å². The van der Waals surface area contributed by atoms with E-state index in [0.717, 1.165) is 55.3 Å². The van der Waals surface area contributed by atoms with Crippen LogP contribution in [0.5, 0.6) is 0 Å². The first-order chi connectivity index (χ1) is 28.3. The molecule has 0 aliphatic rings. The zero-order chi connectivity index (χ0) is 37.7. The number of hydrogen-bond donors (Lipinski definition) is 0. The van der Waals surface area contributed by atoms with Gasteiger partial charge in [0.05, 0.1) is 0 Å². The van der Waals surface area contributed by atoms with E-state index in [2.05, 4.69) is 218 Å². The smallest absolute Gasteiger partial charge is 0.143 e. The number of hydrogen-bond acceptors (Lipinski definition) is 1. The van der Waals surface area contributed by atoms with Gasteiger partial charge < -0.3 is 4.42 Å². The fourth-order valence-corrected chi connectivity index (χ4v) is 8.81. The Morgan fingerprint density at radius 3 is 1.26 bits per heavy atom. The van der Waals surface area contributed by atoms with Gasteiger partial charge in [0.25, 0.3) is 0 Å². The van der Waals surface area contributed by atoms with Gasteiger partial charge in [0, 0.05) is 21.9 Å². The number of para-hydroxylation sites is 1. The van der Waals surface area contributed by atoms with Gasteiger partial charge in [-0.1, -0.05) is 194 Å². The molecule has 0 saturated heterocycles. The van der Waals surface area contributed by atoms with Crippen molar-refractivity contribution in [3.63, 3.8) is 0 Å². The molecule has 0 unspecified atom stereocenters. The first kappa shape index (κ1) is 32.9. The van der Waals surface area contributed by atoms with Gasteiger partial charge in [0.2, 0.25) is 0 Å². The first-order valence-corrected chi connectivity index (χ1v) is 19.6. The second-order valence-corrected chi connectivity index (χ2v) is 14.8. The molecule has 0 bridgehead atoms. The highest BCUT2D eigenvalue weighted by atomic mass is 16.3. The van der Waals surface area contributed by atoms with Crippen LogP contribution in [0.15, 0.2) is 223 Å². The molecule has 1 heteroatoms. The van der Waals surface area contributed by atoms with Crippen LogP contribution in [0.3, 0.4) is 0 Å². The van der Waals surface area contributed by atoms with E-state index in [1.807, 2.05) is 0 Å². The Balaban J connectivity index is 1.12. The van der Waals surface area contributed by atoms with Crippen LogP contribution in [0, 0.1) is 0 Å². The lowest BCUT2D eigenvalue weighted by atomic mass is 9.84. The lowest BCUT2D eigenvalue weighted by Gasteiger charge is -2.19. The zero-order valence-corrected chi connectivity index (χ0v) is 31.2. The maximum atomic E-state index is 6.87. The summed E-state index contributed by atoms with van der Waals surface area (Å²) in [5.74, 6) is 0. The molecule has 266 valence electrons. The summed E-state index contributed by atoms with van der Waals surface area (Å²) in [4.78, 5) is 0.